The molecule has 0 saturated heterocycles. The van der Waals surface area contributed by atoms with Gasteiger partial charge in [-0.3, -0.25) is 0 Å². The minimum Gasteiger partial charge on any atom is -0.476 e. The first-order valence-electron chi connectivity index (χ1n) is 6.71. The number of nitrogens with two attached hydrogens (primary N) is 1. The van der Waals surface area contributed by atoms with E-state index in [0.717, 1.165) is 23.3 Å². The Bertz CT molecular complexity index is 393. The van der Waals surface area contributed by atoms with Gasteiger partial charge in [0.15, 0.2) is 0 Å². The van der Waals surface area contributed by atoms with Crippen molar-refractivity contribution in [2.45, 2.75) is 38.1 Å². The highest BCUT2D eigenvalue weighted by Gasteiger charge is 2.22. The van der Waals surface area contributed by atoms with Gasteiger partial charge in [-0.1, -0.05) is 20.3 Å². The largest absolute Gasteiger partial charge is 0.476 e. The summed E-state index contributed by atoms with van der Waals surface area (Å²) in [5.41, 5.74) is 6.52. The van der Waals surface area contributed by atoms with Gasteiger partial charge >= 0.3 is 0 Å². The van der Waals surface area contributed by atoms with Gasteiger partial charge < -0.3 is 10.5 Å². The van der Waals surface area contributed by atoms with Crippen LogP contribution in [0.3, 0.4) is 0 Å². The van der Waals surface area contributed by atoms with Crippen molar-refractivity contribution in [3.8, 4) is 5.88 Å². The average molecular weight is 266 g/mol. The first kappa shape index (κ1) is 13.5. The normalized spacial score (nSPS) is 16.6. The molecular formula is C14H22N2OS. The zero-order valence-corrected chi connectivity index (χ0v) is 12.0. The van der Waals surface area contributed by atoms with Crippen LogP contribution >= 0.6 is 11.8 Å². The Hall–Kier alpha value is -0.900. The third-order valence-electron chi connectivity index (χ3n) is 3.23. The van der Waals surface area contributed by atoms with Gasteiger partial charge in [0.1, 0.15) is 5.03 Å². The Labute approximate surface area is 114 Å². The molecular weight excluding hydrogens is 244 g/mol. The molecule has 1 saturated carbocycles. The Morgan fingerprint density at radius 3 is 2.94 bits per heavy atom. The first-order valence-corrected chi connectivity index (χ1v) is 7.69. The van der Waals surface area contributed by atoms with Crippen LogP contribution in [0.4, 0.5) is 5.69 Å². The lowest BCUT2D eigenvalue weighted by Crippen LogP contribution is -2.04. The molecule has 0 aliphatic heterocycles. The van der Waals surface area contributed by atoms with Gasteiger partial charge in [-0.2, -0.15) is 0 Å². The third-order valence-corrected chi connectivity index (χ3v) is 4.49. The Balaban J connectivity index is 1.91. The number of rotatable bonds is 7. The molecule has 2 rings (SSSR count). The van der Waals surface area contributed by atoms with Gasteiger partial charge in [-0.25, -0.2) is 4.98 Å². The molecule has 1 fully saturated rings. The molecule has 1 heterocycles. The number of nitrogen functional groups attached to an aromatic ring is 1. The summed E-state index contributed by atoms with van der Waals surface area (Å²) in [6.45, 7) is 5.23. The summed E-state index contributed by atoms with van der Waals surface area (Å²) in [6.07, 6.45) is 3.76. The third kappa shape index (κ3) is 4.09. The fraction of sp³-hybridized carbons (Fsp3) is 0.643. The SMILES string of the molecule is CCC(C)CSc1ccc(N)c(OCC2CC2)n1. The van der Waals surface area contributed by atoms with Crippen LogP contribution < -0.4 is 10.5 Å². The minimum atomic E-state index is 0.607. The second kappa shape index (κ2) is 6.32. The summed E-state index contributed by atoms with van der Waals surface area (Å²) in [4.78, 5) is 4.49. The van der Waals surface area contributed by atoms with Gasteiger partial charge in [-0.15, -0.1) is 11.8 Å². The lowest BCUT2D eigenvalue weighted by molar-refractivity contribution is 0.288. The van der Waals surface area contributed by atoms with E-state index in [1.807, 2.05) is 12.1 Å². The maximum absolute atomic E-state index is 5.88. The summed E-state index contributed by atoms with van der Waals surface area (Å²) in [5.74, 6) is 3.14. The molecule has 2 N–H and O–H groups in total. The first-order chi connectivity index (χ1) is 8.69. The number of hydrogen-bond acceptors (Lipinski definition) is 4. The quantitative estimate of drug-likeness (QED) is 0.766. The molecule has 0 aromatic carbocycles. The highest BCUT2D eigenvalue weighted by atomic mass is 32.2. The minimum absolute atomic E-state index is 0.607. The van der Waals surface area contributed by atoms with Crippen molar-refractivity contribution in [1.82, 2.24) is 4.98 Å². The van der Waals surface area contributed by atoms with Crippen LogP contribution in [0.5, 0.6) is 5.88 Å². The van der Waals surface area contributed by atoms with Crippen LogP contribution in [0.15, 0.2) is 17.2 Å². The molecule has 100 valence electrons. The van der Waals surface area contributed by atoms with E-state index in [9.17, 15) is 0 Å². The Morgan fingerprint density at radius 1 is 1.50 bits per heavy atom. The predicted molar refractivity (Wildman–Crippen MR) is 77.0 cm³/mol. The molecule has 0 amide bonds. The van der Waals surface area contributed by atoms with Gasteiger partial charge in [0.25, 0.3) is 0 Å². The van der Waals surface area contributed by atoms with Crippen LogP contribution in [0.25, 0.3) is 0 Å². The van der Waals surface area contributed by atoms with Gasteiger partial charge in [0.05, 0.1) is 12.3 Å². The standard InChI is InChI=1S/C14H22N2OS/c1-3-10(2)9-18-13-7-6-12(15)14(16-13)17-8-11-4-5-11/h6-7,10-11H,3-5,8-9,15H2,1-2H3. The fourth-order valence-corrected chi connectivity index (χ4v) is 2.46. The topological polar surface area (TPSA) is 48.1 Å². The maximum atomic E-state index is 5.88. The second-order valence-corrected chi connectivity index (χ2v) is 6.16. The van der Waals surface area contributed by atoms with Crippen molar-refractivity contribution in [1.29, 1.82) is 0 Å². The highest BCUT2D eigenvalue weighted by Crippen LogP contribution is 2.31. The number of thioether (sulfide) groups is 1. The zero-order chi connectivity index (χ0) is 13.0. The average Bonchev–Trinajstić information content (AvgIpc) is 3.19. The second-order valence-electron chi connectivity index (χ2n) is 5.12. The summed E-state index contributed by atoms with van der Waals surface area (Å²) in [7, 11) is 0. The van der Waals surface area contributed by atoms with Crippen LogP contribution in [0, 0.1) is 11.8 Å². The van der Waals surface area contributed by atoms with Crippen molar-refractivity contribution in [3.63, 3.8) is 0 Å². The zero-order valence-electron chi connectivity index (χ0n) is 11.2. The van der Waals surface area contributed by atoms with Crippen LogP contribution in [-0.2, 0) is 0 Å². The molecule has 4 heteroatoms. The van der Waals surface area contributed by atoms with E-state index < -0.39 is 0 Å². The maximum Gasteiger partial charge on any atom is 0.238 e. The van der Waals surface area contributed by atoms with Crippen LogP contribution in [0.2, 0.25) is 0 Å². The van der Waals surface area contributed by atoms with E-state index in [1.54, 1.807) is 11.8 Å². The molecule has 1 aliphatic carbocycles. The molecule has 0 spiro atoms. The number of pyridine rings is 1. The van der Waals surface area contributed by atoms with Crippen molar-refractivity contribution < 1.29 is 4.74 Å². The van der Waals surface area contributed by atoms with Gasteiger partial charge in [0, 0.05) is 5.75 Å². The number of hydrogen-bond donors (Lipinski definition) is 1. The smallest absolute Gasteiger partial charge is 0.238 e. The molecule has 1 atom stereocenters. The van der Waals surface area contributed by atoms with Crippen molar-refractivity contribution in [2.75, 3.05) is 18.1 Å². The Kier molecular flexibility index (Phi) is 4.75. The van der Waals surface area contributed by atoms with Gasteiger partial charge in [-0.05, 0) is 36.8 Å². The van der Waals surface area contributed by atoms with E-state index >= 15 is 0 Å². The number of anilines is 1. The van der Waals surface area contributed by atoms with E-state index in [-0.39, 0.29) is 0 Å². The van der Waals surface area contributed by atoms with E-state index in [1.165, 1.54) is 19.3 Å². The van der Waals surface area contributed by atoms with Crippen molar-refractivity contribution >= 4 is 17.4 Å². The molecule has 1 aliphatic rings. The summed E-state index contributed by atoms with van der Waals surface area (Å²) >= 11 is 1.78. The molecule has 0 bridgehead atoms. The highest BCUT2D eigenvalue weighted by molar-refractivity contribution is 7.99. The van der Waals surface area contributed by atoms with Crippen molar-refractivity contribution in [3.05, 3.63) is 12.1 Å². The summed E-state index contributed by atoms with van der Waals surface area (Å²) in [5, 5.41) is 1.01. The number of aromatic nitrogens is 1. The van der Waals surface area contributed by atoms with E-state index in [0.29, 0.717) is 17.5 Å². The molecule has 18 heavy (non-hydrogen) atoms. The van der Waals surface area contributed by atoms with E-state index in [2.05, 4.69) is 18.8 Å². The van der Waals surface area contributed by atoms with Crippen LogP contribution in [0.1, 0.15) is 33.1 Å². The number of ether oxygens (including phenoxy) is 1. The molecule has 1 aromatic heterocycles. The lowest BCUT2D eigenvalue weighted by atomic mass is 10.2. The molecule has 1 aromatic rings. The summed E-state index contributed by atoms with van der Waals surface area (Å²) in [6, 6.07) is 3.88. The summed E-state index contributed by atoms with van der Waals surface area (Å²) < 4.78 is 5.69. The van der Waals surface area contributed by atoms with Gasteiger partial charge in [0.2, 0.25) is 5.88 Å². The molecule has 3 nitrogen and oxygen atoms in total. The monoisotopic (exact) mass is 266 g/mol. The number of nitrogens with zero attached hydrogens (tertiary/aromatic N) is 1. The Morgan fingerprint density at radius 2 is 2.28 bits per heavy atom. The predicted octanol–water partition coefficient (Wildman–Crippen LogP) is 3.59. The molecule has 1 unspecified atom stereocenters. The lowest BCUT2D eigenvalue weighted by Gasteiger charge is -2.10. The van der Waals surface area contributed by atoms with Crippen LogP contribution in [-0.4, -0.2) is 17.3 Å². The molecule has 0 radical (unpaired) electrons. The fourth-order valence-electron chi connectivity index (χ4n) is 1.46. The van der Waals surface area contributed by atoms with E-state index in [4.69, 9.17) is 10.5 Å². The van der Waals surface area contributed by atoms with Crippen molar-refractivity contribution in [2.24, 2.45) is 11.8 Å².